The third kappa shape index (κ3) is 4.47. The molecular weight excluding hydrogens is 364 g/mol. The average Bonchev–Trinajstić information content (AvgIpc) is 2.66. The summed E-state index contributed by atoms with van der Waals surface area (Å²) in [6.07, 6.45) is 4.49. The van der Waals surface area contributed by atoms with Gasteiger partial charge in [-0.25, -0.2) is 4.79 Å². The van der Waals surface area contributed by atoms with Crippen LogP contribution in [-0.2, 0) is 0 Å². The van der Waals surface area contributed by atoms with Crippen molar-refractivity contribution in [3.8, 4) is 5.75 Å². The Balaban J connectivity index is 1.79. The van der Waals surface area contributed by atoms with E-state index in [1.54, 1.807) is 60.8 Å². The number of H-pyrrole nitrogens is 2. The predicted molar refractivity (Wildman–Crippen MR) is 105 cm³/mol. The highest BCUT2D eigenvalue weighted by Crippen LogP contribution is 2.17. The molecular formula is C19H14N4O5. The van der Waals surface area contributed by atoms with Crippen LogP contribution in [0.2, 0.25) is 0 Å². The zero-order valence-corrected chi connectivity index (χ0v) is 14.3. The van der Waals surface area contributed by atoms with Crippen LogP contribution in [0.3, 0.4) is 0 Å². The summed E-state index contributed by atoms with van der Waals surface area (Å²) >= 11 is 0. The van der Waals surface area contributed by atoms with Crippen molar-refractivity contribution in [1.82, 2.24) is 9.97 Å². The normalized spacial score (nSPS) is 11.3. The molecule has 0 bridgehead atoms. The molecule has 9 nitrogen and oxygen atoms in total. The monoisotopic (exact) mass is 378 g/mol. The molecule has 1 heterocycles. The second-order valence-corrected chi connectivity index (χ2v) is 5.70. The van der Waals surface area contributed by atoms with E-state index in [0.717, 1.165) is 5.56 Å². The van der Waals surface area contributed by atoms with Crippen molar-refractivity contribution in [2.75, 3.05) is 0 Å². The third-order valence-electron chi connectivity index (χ3n) is 3.72. The molecule has 3 rings (SSSR count). The number of nitrogens with one attached hydrogen (secondary N) is 2. The number of aromatic amines is 2. The molecule has 0 aliphatic rings. The molecule has 0 unspecified atom stereocenters. The van der Waals surface area contributed by atoms with Crippen molar-refractivity contribution < 1.29 is 10.0 Å². The number of hydrogen-bond acceptors (Lipinski definition) is 6. The Morgan fingerprint density at radius 3 is 2.21 bits per heavy atom. The molecule has 9 heteroatoms. The molecule has 0 fully saturated rings. The summed E-state index contributed by atoms with van der Waals surface area (Å²) < 4.78 is 0. The summed E-state index contributed by atoms with van der Waals surface area (Å²) in [5, 5.41) is 20.3. The van der Waals surface area contributed by atoms with Gasteiger partial charge in [0.2, 0.25) is 0 Å². The lowest BCUT2D eigenvalue weighted by Crippen LogP contribution is -2.25. The van der Waals surface area contributed by atoms with Gasteiger partial charge in [0.05, 0.1) is 10.6 Å². The van der Waals surface area contributed by atoms with Gasteiger partial charge < -0.3 is 10.1 Å². The summed E-state index contributed by atoms with van der Waals surface area (Å²) in [7, 11) is 0. The maximum Gasteiger partial charge on any atom is 0.357 e. The van der Waals surface area contributed by atoms with Crippen LogP contribution in [0.4, 0.5) is 11.4 Å². The quantitative estimate of drug-likeness (QED) is 0.355. The number of hydrogen-bond donors (Lipinski definition) is 3. The lowest BCUT2D eigenvalue weighted by Gasteiger charge is -1.98. The third-order valence-corrected chi connectivity index (χ3v) is 3.72. The molecule has 0 saturated heterocycles. The van der Waals surface area contributed by atoms with Crippen LogP contribution in [-0.4, -0.2) is 26.2 Å². The first-order chi connectivity index (χ1) is 13.4. The second-order valence-electron chi connectivity index (χ2n) is 5.70. The van der Waals surface area contributed by atoms with Crippen LogP contribution in [0.15, 0.2) is 63.1 Å². The van der Waals surface area contributed by atoms with Gasteiger partial charge in [-0.1, -0.05) is 30.3 Å². The first kappa shape index (κ1) is 18.5. The van der Waals surface area contributed by atoms with Crippen molar-refractivity contribution in [2.45, 2.75) is 0 Å². The zero-order valence-electron chi connectivity index (χ0n) is 14.3. The fraction of sp³-hybridized carbons (Fsp3) is 0. The van der Waals surface area contributed by atoms with Crippen LogP contribution in [0, 0.1) is 10.1 Å². The van der Waals surface area contributed by atoms with E-state index >= 15 is 0 Å². The molecule has 0 aliphatic heterocycles. The second kappa shape index (κ2) is 7.96. The maximum absolute atomic E-state index is 11.6. The van der Waals surface area contributed by atoms with E-state index in [4.69, 9.17) is 0 Å². The topological polar surface area (TPSA) is 141 Å². The smallest absolute Gasteiger partial charge is 0.357 e. The Kier molecular flexibility index (Phi) is 5.26. The number of phenols is 1. The number of phenolic OH excluding ortho intramolecular Hbond substituents is 1. The Bertz CT molecular complexity index is 1170. The number of nitro groups is 1. The van der Waals surface area contributed by atoms with Gasteiger partial charge in [0.15, 0.2) is 0 Å². The first-order valence-electron chi connectivity index (χ1n) is 8.04. The molecule has 2 aromatic carbocycles. The van der Waals surface area contributed by atoms with E-state index in [2.05, 4.69) is 9.98 Å². The van der Waals surface area contributed by atoms with Crippen LogP contribution in [0.1, 0.15) is 16.8 Å². The predicted octanol–water partition coefficient (Wildman–Crippen LogP) is 2.60. The maximum atomic E-state index is 11.6. The Morgan fingerprint density at radius 1 is 0.929 bits per heavy atom. The minimum atomic E-state index is -1.06. The van der Waals surface area contributed by atoms with Crippen molar-refractivity contribution in [3.63, 3.8) is 0 Å². The highest BCUT2D eigenvalue weighted by atomic mass is 16.6. The molecule has 0 amide bonds. The molecule has 28 heavy (non-hydrogen) atoms. The standard InChI is InChI=1S/C19H14N4O5/c24-15-8-6-14(7-9-15)20-11-13-3-1-12(2-4-13)5-10-16-17(23(27)28)18(25)22-19(26)21-16/h1-11,24H,(H2,21,22,25,26)/b10-5+,20-11?. The van der Waals surface area contributed by atoms with Gasteiger partial charge in [-0.05, 0) is 41.5 Å². The van der Waals surface area contributed by atoms with Gasteiger partial charge in [0.25, 0.3) is 0 Å². The molecule has 3 aromatic rings. The van der Waals surface area contributed by atoms with Crippen molar-refractivity contribution in [2.24, 2.45) is 4.99 Å². The highest BCUT2D eigenvalue weighted by Gasteiger charge is 2.18. The molecule has 0 aliphatic carbocycles. The molecule has 0 saturated carbocycles. The minimum Gasteiger partial charge on any atom is -0.508 e. The van der Waals surface area contributed by atoms with Gasteiger partial charge in [-0.3, -0.25) is 24.9 Å². The van der Waals surface area contributed by atoms with Crippen molar-refractivity contribution in [1.29, 1.82) is 0 Å². The number of aromatic nitrogens is 2. The molecule has 140 valence electrons. The van der Waals surface area contributed by atoms with Gasteiger partial charge >= 0.3 is 16.9 Å². The van der Waals surface area contributed by atoms with Crippen molar-refractivity contribution >= 4 is 29.7 Å². The summed E-state index contributed by atoms with van der Waals surface area (Å²) in [6, 6.07) is 13.5. The summed E-state index contributed by atoms with van der Waals surface area (Å²) in [6.45, 7) is 0. The lowest BCUT2D eigenvalue weighted by molar-refractivity contribution is -0.386. The number of aliphatic imine (C=N–C) groups is 1. The fourth-order valence-electron chi connectivity index (χ4n) is 2.36. The van der Waals surface area contributed by atoms with Gasteiger partial charge in [-0.15, -0.1) is 0 Å². The minimum absolute atomic E-state index is 0.164. The van der Waals surface area contributed by atoms with Crippen molar-refractivity contribution in [3.05, 3.63) is 96.3 Å². The van der Waals surface area contributed by atoms with Gasteiger partial charge in [-0.2, -0.15) is 0 Å². The first-order valence-corrected chi connectivity index (χ1v) is 8.04. The van der Waals surface area contributed by atoms with Gasteiger partial charge in [0, 0.05) is 6.21 Å². The number of aromatic hydroxyl groups is 1. The summed E-state index contributed by atoms with van der Waals surface area (Å²) in [5.74, 6) is 0.164. The molecule has 0 spiro atoms. The molecule has 3 N–H and O–H groups in total. The number of nitrogens with zero attached hydrogens (tertiary/aromatic N) is 2. The molecule has 1 aromatic heterocycles. The largest absolute Gasteiger partial charge is 0.508 e. The number of benzene rings is 2. The van der Waals surface area contributed by atoms with Crippen LogP contribution >= 0.6 is 0 Å². The lowest BCUT2D eigenvalue weighted by atomic mass is 10.1. The fourth-order valence-corrected chi connectivity index (χ4v) is 2.36. The Hall–Kier alpha value is -4.27. The molecule has 0 atom stereocenters. The average molecular weight is 378 g/mol. The van der Waals surface area contributed by atoms with Crippen LogP contribution < -0.4 is 11.2 Å². The Morgan fingerprint density at radius 2 is 1.57 bits per heavy atom. The van der Waals surface area contributed by atoms with E-state index in [9.17, 15) is 24.8 Å². The highest BCUT2D eigenvalue weighted by molar-refractivity contribution is 5.82. The van der Waals surface area contributed by atoms with E-state index in [1.165, 1.54) is 6.08 Å². The number of rotatable bonds is 5. The van der Waals surface area contributed by atoms with E-state index in [-0.39, 0.29) is 11.4 Å². The van der Waals surface area contributed by atoms with E-state index < -0.39 is 21.9 Å². The van der Waals surface area contributed by atoms with Gasteiger partial charge in [0.1, 0.15) is 11.4 Å². The van der Waals surface area contributed by atoms with E-state index in [0.29, 0.717) is 11.3 Å². The zero-order chi connectivity index (χ0) is 20.1. The molecule has 0 radical (unpaired) electrons. The SMILES string of the molecule is O=c1[nH]c(/C=C/c2ccc(C=Nc3ccc(O)cc3)cc2)c([N+](=O)[O-])c(=O)[nH]1. The Labute approximate surface area is 157 Å². The summed E-state index contributed by atoms with van der Waals surface area (Å²) in [5.41, 5.74) is -0.583. The summed E-state index contributed by atoms with van der Waals surface area (Å²) in [4.78, 5) is 41.5. The van der Waals surface area contributed by atoms with E-state index in [1.807, 2.05) is 4.98 Å². The van der Waals surface area contributed by atoms with Crippen LogP contribution in [0.25, 0.3) is 12.2 Å². The van der Waals surface area contributed by atoms with Crippen LogP contribution in [0.5, 0.6) is 5.75 Å².